The van der Waals surface area contributed by atoms with Gasteiger partial charge in [0.1, 0.15) is 0 Å². The molecule has 0 radical (unpaired) electrons. The Bertz CT molecular complexity index is 4260. The molecule has 0 amide bonds. The first-order chi connectivity index (χ1) is 36.6. The van der Waals surface area contributed by atoms with Crippen LogP contribution in [0.15, 0.2) is 230 Å². The monoisotopic (exact) mass is 762 g/mol. The molecule has 2 nitrogen and oxygen atoms in total. The van der Waals surface area contributed by atoms with Crippen LogP contribution in [0.1, 0.15) is 27.4 Å². The first kappa shape index (κ1) is 18.6. The zero-order valence-corrected chi connectivity index (χ0v) is 30.8. The van der Waals surface area contributed by atoms with Gasteiger partial charge in [-0.2, -0.15) is 0 Å². The SMILES string of the molecule is [2H]c1c([2H])c([2H])c(-c2cccc([Si](c3ccccc3)(c3ccccc3)c3cccc(-n4c5c([2H])c([2H])c([2H])c([2H])c5c5c([2H])c(-n6c7c([2H])c([2H])c([2H])c([2H])c7c7c([2H])c([2H])c([2H])c([2H])c76)c([2H])c([2H])c54)c3)c2)c([2H])c1[2H]. The van der Waals surface area contributed by atoms with Crippen molar-refractivity contribution in [2.45, 2.75) is 0 Å². The van der Waals surface area contributed by atoms with Crippen molar-refractivity contribution < 1.29 is 27.4 Å². The maximum atomic E-state index is 10.1. The van der Waals surface area contributed by atoms with Gasteiger partial charge in [-0.3, -0.25) is 0 Å². The molecule has 0 atom stereocenters. The molecule has 0 spiro atoms. The van der Waals surface area contributed by atoms with Gasteiger partial charge in [0.05, 0.1) is 49.5 Å². The van der Waals surface area contributed by atoms with Gasteiger partial charge in [0.25, 0.3) is 0 Å². The number of rotatable bonds is 7. The van der Waals surface area contributed by atoms with Crippen LogP contribution < -0.4 is 20.7 Å². The van der Waals surface area contributed by atoms with E-state index in [1.165, 1.54) is 4.57 Å². The van der Waals surface area contributed by atoms with E-state index in [0.717, 1.165) is 20.1 Å². The Balaban J connectivity index is 1.29. The fourth-order valence-electron chi connectivity index (χ4n) is 8.08. The summed E-state index contributed by atoms with van der Waals surface area (Å²) >= 11 is 0. The molecule has 0 aliphatic heterocycles. The third-order valence-electron chi connectivity index (χ3n) is 10.4. The summed E-state index contributed by atoms with van der Waals surface area (Å²) < 4.78 is 183. The molecule has 9 aromatic carbocycles. The Kier molecular flexibility index (Phi) is 4.42. The minimum atomic E-state index is -3.70. The van der Waals surface area contributed by atoms with Crippen LogP contribution in [0.3, 0.4) is 0 Å². The molecule has 0 aliphatic rings. The maximum Gasteiger partial charge on any atom is 0.179 e. The molecule has 0 saturated carbocycles. The quantitative estimate of drug-likeness (QED) is 0.113. The fraction of sp³-hybridized carbons (Fsp3) is 0. The van der Waals surface area contributed by atoms with Gasteiger partial charge < -0.3 is 9.13 Å². The third-order valence-corrected chi connectivity index (χ3v) is 15.2. The number of para-hydroxylation sites is 3. The predicted molar refractivity (Wildman–Crippen MR) is 244 cm³/mol. The number of hydrogen-bond acceptors (Lipinski definition) is 0. The molecule has 3 heteroatoms. The number of benzene rings is 9. The molecule has 0 N–H and O–H groups in total. The summed E-state index contributed by atoms with van der Waals surface area (Å²) in [7, 11) is -3.70. The molecule has 11 rings (SSSR count). The van der Waals surface area contributed by atoms with Crippen molar-refractivity contribution >= 4 is 72.4 Å². The van der Waals surface area contributed by atoms with Crippen molar-refractivity contribution in [3.63, 3.8) is 0 Å². The first-order valence-corrected chi connectivity index (χ1v) is 20.1. The molecule has 2 aromatic heterocycles. The summed E-state index contributed by atoms with van der Waals surface area (Å²) in [5.41, 5.74) is -1.16. The Hall–Kier alpha value is -7.20. The van der Waals surface area contributed by atoms with E-state index in [2.05, 4.69) is 0 Å². The summed E-state index contributed by atoms with van der Waals surface area (Å²) in [6, 6.07) is 20.9. The predicted octanol–water partition coefficient (Wildman–Crippen LogP) is 10.9. The minimum Gasteiger partial charge on any atom is -0.309 e. The number of aromatic nitrogens is 2. The van der Waals surface area contributed by atoms with Gasteiger partial charge in [-0.1, -0.05) is 182 Å². The van der Waals surface area contributed by atoms with Crippen molar-refractivity contribution in [1.29, 1.82) is 0 Å². The molecular formula is C54H38N2Si. The maximum absolute atomic E-state index is 10.1. The summed E-state index contributed by atoms with van der Waals surface area (Å²) in [6.07, 6.45) is 0. The van der Waals surface area contributed by atoms with Gasteiger partial charge in [-0.05, 0) is 80.3 Å². The van der Waals surface area contributed by atoms with Crippen LogP contribution in [0, 0.1) is 0 Å². The molecule has 0 saturated heterocycles. The smallest absolute Gasteiger partial charge is 0.179 e. The first-order valence-electron chi connectivity index (χ1n) is 28.1. The van der Waals surface area contributed by atoms with E-state index in [4.69, 9.17) is 20.6 Å². The highest BCUT2D eigenvalue weighted by molar-refractivity contribution is 7.20. The molecule has 268 valence electrons. The molecule has 11 aromatic rings. The van der Waals surface area contributed by atoms with Gasteiger partial charge in [-0.25, -0.2) is 0 Å². The lowest BCUT2D eigenvalue weighted by molar-refractivity contribution is 1.17. The van der Waals surface area contributed by atoms with Gasteiger partial charge in [0.15, 0.2) is 8.07 Å². The Morgan fingerprint density at radius 3 is 1.42 bits per heavy atom. The highest BCUT2D eigenvalue weighted by Gasteiger charge is 2.41. The summed E-state index contributed by atoms with van der Waals surface area (Å²) in [6.45, 7) is 0. The highest BCUT2D eigenvalue weighted by Crippen LogP contribution is 2.37. The normalized spacial score (nSPS) is 16.8. The average Bonchev–Trinajstić information content (AvgIpc) is 3.99. The molecule has 2 heterocycles. The van der Waals surface area contributed by atoms with E-state index in [0.29, 0.717) is 10.8 Å². The van der Waals surface area contributed by atoms with Crippen molar-refractivity contribution in [3.05, 3.63) is 230 Å². The van der Waals surface area contributed by atoms with E-state index in [1.807, 2.05) is 84.9 Å². The largest absolute Gasteiger partial charge is 0.309 e. The summed E-state index contributed by atoms with van der Waals surface area (Å²) in [4.78, 5) is 0. The lowest BCUT2D eigenvalue weighted by atomic mass is 10.1. The van der Waals surface area contributed by atoms with Crippen molar-refractivity contribution in [2.24, 2.45) is 0 Å². The van der Waals surface area contributed by atoms with E-state index in [9.17, 15) is 6.85 Å². The summed E-state index contributed by atoms with van der Waals surface area (Å²) in [5, 5.41) is 1.94. The standard InChI is InChI=1S/C54H38N2Si/c1-4-18-39(19-5-1)40-20-16-26-45(36-40)57(43-22-6-2-7-23-43,44-24-8-3-9-25-44)46-27-17-21-41(37-46)55-53-33-15-12-30-49(53)50-38-42(34-35-54(50)55)56-51-31-13-10-28-47(51)48-29-11-14-32-52(48)56/h1-38H/i1D,4D,5D,10D,11D,12D,13D,14D,15D,18D,19D,28D,29D,30D,31D,32D,33D,34D,35D,38D. The molecule has 57 heavy (non-hydrogen) atoms. The van der Waals surface area contributed by atoms with Gasteiger partial charge in [-0.15, -0.1) is 0 Å². The van der Waals surface area contributed by atoms with Gasteiger partial charge in [0, 0.05) is 32.9 Å². The average molecular weight is 763 g/mol. The number of hydrogen-bond donors (Lipinski definition) is 0. The third kappa shape index (κ3) is 5.24. The molecule has 0 unspecified atom stereocenters. The Morgan fingerprint density at radius 1 is 0.333 bits per heavy atom. The molecular weight excluding hydrogens is 705 g/mol. The zero-order valence-electron chi connectivity index (χ0n) is 49.8. The van der Waals surface area contributed by atoms with Crippen LogP contribution in [0.2, 0.25) is 0 Å². The molecule has 0 fully saturated rings. The lowest BCUT2D eigenvalue weighted by Crippen LogP contribution is -2.74. The van der Waals surface area contributed by atoms with E-state index in [1.54, 1.807) is 24.3 Å². The van der Waals surface area contributed by atoms with Crippen molar-refractivity contribution in [3.8, 4) is 22.5 Å². The van der Waals surface area contributed by atoms with Crippen LogP contribution >= 0.6 is 0 Å². The zero-order chi connectivity index (χ0) is 55.2. The topological polar surface area (TPSA) is 9.86 Å². The fourth-order valence-corrected chi connectivity index (χ4v) is 12.9. The van der Waals surface area contributed by atoms with Crippen LogP contribution in [0.4, 0.5) is 0 Å². The van der Waals surface area contributed by atoms with Crippen molar-refractivity contribution in [2.75, 3.05) is 0 Å². The van der Waals surface area contributed by atoms with Crippen LogP contribution in [0.5, 0.6) is 0 Å². The highest BCUT2D eigenvalue weighted by atomic mass is 28.3. The lowest BCUT2D eigenvalue weighted by Gasteiger charge is -2.35. The van der Waals surface area contributed by atoms with Crippen LogP contribution in [0.25, 0.3) is 66.1 Å². The molecule has 0 bridgehead atoms. The van der Waals surface area contributed by atoms with E-state index in [-0.39, 0.29) is 55.9 Å². The Labute approximate surface area is 361 Å². The number of fused-ring (bicyclic) bond motifs is 6. The van der Waals surface area contributed by atoms with Crippen LogP contribution in [-0.4, -0.2) is 17.2 Å². The number of nitrogens with zero attached hydrogens (tertiary/aromatic N) is 2. The second-order valence-electron chi connectivity index (χ2n) is 13.4. The van der Waals surface area contributed by atoms with Crippen LogP contribution in [-0.2, 0) is 0 Å². The van der Waals surface area contributed by atoms with Gasteiger partial charge >= 0.3 is 0 Å². The molecule has 0 aliphatic carbocycles. The van der Waals surface area contributed by atoms with Gasteiger partial charge in [0.2, 0.25) is 0 Å². The second kappa shape index (κ2) is 13.5. The minimum absolute atomic E-state index is 0.00333. The van der Waals surface area contributed by atoms with E-state index < -0.39 is 134 Å². The Morgan fingerprint density at radius 2 is 0.807 bits per heavy atom. The second-order valence-corrected chi connectivity index (χ2v) is 17.2. The van der Waals surface area contributed by atoms with Crippen molar-refractivity contribution in [1.82, 2.24) is 9.13 Å². The van der Waals surface area contributed by atoms with E-state index >= 15 is 0 Å². The summed E-state index contributed by atoms with van der Waals surface area (Å²) in [5.74, 6) is 0.